The quantitative estimate of drug-likeness (QED) is 0.931. The highest BCUT2D eigenvalue weighted by molar-refractivity contribution is 5.68. The first kappa shape index (κ1) is 14.4. The van der Waals surface area contributed by atoms with Crippen LogP contribution in [0.5, 0.6) is 0 Å². The Hall–Kier alpha value is -1.55. The molecule has 1 aromatic carbocycles. The van der Waals surface area contributed by atoms with E-state index in [-0.39, 0.29) is 18.1 Å². The summed E-state index contributed by atoms with van der Waals surface area (Å²) in [5, 5.41) is 9.29. The average molecular weight is 289 g/mol. The summed E-state index contributed by atoms with van der Waals surface area (Å²) in [6.45, 7) is 2.19. The Morgan fingerprint density at radius 3 is 2.86 bits per heavy atom. The van der Waals surface area contributed by atoms with Crippen molar-refractivity contribution in [3.63, 3.8) is 0 Å². The number of ether oxygens (including phenoxy) is 1. The number of aliphatic hydroxyl groups excluding tert-OH is 1. The summed E-state index contributed by atoms with van der Waals surface area (Å²) in [6, 6.07) is 9.76. The van der Waals surface area contributed by atoms with Gasteiger partial charge in [0.2, 0.25) is 0 Å². The lowest BCUT2D eigenvalue weighted by atomic mass is 9.84. The predicted molar refractivity (Wildman–Crippen MR) is 79.7 cm³/mol. The van der Waals surface area contributed by atoms with Crippen molar-refractivity contribution in [2.24, 2.45) is 11.3 Å². The Bertz CT molecular complexity index is 490. The highest BCUT2D eigenvalue weighted by Crippen LogP contribution is 2.47. The van der Waals surface area contributed by atoms with Crippen molar-refractivity contribution in [2.45, 2.75) is 32.3 Å². The van der Waals surface area contributed by atoms with Crippen LogP contribution < -0.4 is 0 Å². The van der Waals surface area contributed by atoms with E-state index < -0.39 is 0 Å². The summed E-state index contributed by atoms with van der Waals surface area (Å²) >= 11 is 0. The van der Waals surface area contributed by atoms with E-state index in [1.807, 2.05) is 35.2 Å². The second-order valence-corrected chi connectivity index (χ2v) is 6.50. The van der Waals surface area contributed by atoms with Crippen LogP contribution in [0.1, 0.15) is 31.2 Å². The van der Waals surface area contributed by atoms with Gasteiger partial charge in [-0.3, -0.25) is 0 Å². The number of hydrogen-bond acceptors (Lipinski definition) is 3. The van der Waals surface area contributed by atoms with E-state index >= 15 is 0 Å². The smallest absolute Gasteiger partial charge is 0.410 e. The summed E-state index contributed by atoms with van der Waals surface area (Å²) in [4.78, 5) is 14.0. The van der Waals surface area contributed by atoms with Gasteiger partial charge in [0, 0.05) is 19.7 Å². The zero-order chi connectivity index (χ0) is 14.7. The van der Waals surface area contributed by atoms with E-state index in [9.17, 15) is 9.90 Å². The van der Waals surface area contributed by atoms with Crippen LogP contribution in [0.3, 0.4) is 0 Å². The van der Waals surface area contributed by atoms with Crippen LogP contribution in [0.2, 0.25) is 0 Å². The van der Waals surface area contributed by atoms with Crippen molar-refractivity contribution in [2.75, 3.05) is 19.7 Å². The Kier molecular flexibility index (Phi) is 4.15. The van der Waals surface area contributed by atoms with E-state index in [0.717, 1.165) is 44.3 Å². The van der Waals surface area contributed by atoms with Crippen LogP contribution in [0.4, 0.5) is 4.79 Å². The molecule has 1 amide bonds. The fraction of sp³-hybridized carbons (Fsp3) is 0.588. The van der Waals surface area contributed by atoms with Crippen molar-refractivity contribution in [1.82, 2.24) is 4.90 Å². The lowest BCUT2D eigenvalue weighted by Crippen LogP contribution is -2.31. The van der Waals surface area contributed by atoms with Crippen LogP contribution >= 0.6 is 0 Å². The van der Waals surface area contributed by atoms with Gasteiger partial charge in [0.15, 0.2) is 0 Å². The molecule has 1 saturated heterocycles. The van der Waals surface area contributed by atoms with Crippen LogP contribution in [-0.4, -0.2) is 35.8 Å². The van der Waals surface area contributed by atoms with Gasteiger partial charge in [0.25, 0.3) is 0 Å². The molecule has 114 valence electrons. The lowest BCUT2D eigenvalue weighted by molar-refractivity contribution is 0.0992. The molecule has 2 atom stereocenters. The summed E-state index contributed by atoms with van der Waals surface area (Å²) < 4.78 is 5.41. The van der Waals surface area contributed by atoms with Crippen molar-refractivity contribution < 1.29 is 14.6 Å². The molecule has 1 aromatic rings. The Balaban J connectivity index is 1.51. The van der Waals surface area contributed by atoms with Crippen LogP contribution in [0, 0.1) is 11.3 Å². The maximum Gasteiger partial charge on any atom is 0.410 e. The molecule has 3 rings (SSSR count). The zero-order valence-electron chi connectivity index (χ0n) is 12.3. The highest BCUT2D eigenvalue weighted by atomic mass is 16.6. The van der Waals surface area contributed by atoms with Crippen LogP contribution in [0.25, 0.3) is 0 Å². The van der Waals surface area contributed by atoms with E-state index in [1.165, 1.54) is 0 Å². The number of aliphatic hydroxyl groups is 1. The molecule has 21 heavy (non-hydrogen) atoms. The van der Waals surface area contributed by atoms with Gasteiger partial charge in [0.05, 0.1) is 0 Å². The SMILES string of the molecule is O=C(OCc1ccccc1)N1CC[C@]2(CC[C@H](CO)C2)C1. The van der Waals surface area contributed by atoms with Gasteiger partial charge >= 0.3 is 6.09 Å². The Labute approximate surface area is 125 Å². The number of nitrogens with zero attached hydrogens (tertiary/aromatic N) is 1. The molecule has 0 radical (unpaired) electrons. The Morgan fingerprint density at radius 1 is 1.33 bits per heavy atom. The molecule has 0 bridgehead atoms. The second-order valence-electron chi connectivity index (χ2n) is 6.50. The third-order valence-corrected chi connectivity index (χ3v) is 4.96. The summed E-state index contributed by atoms with van der Waals surface area (Å²) in [7, 11) is 0. The monoisotopic (exact) mass is 289 g/mol. The number of carbonyl (C=O) groups excluding carboxylic acids is 1. The molecular weight excluding hydrogens is 266 g/mol. The third-order valence-electron chi connectivity index (χ3n) is 4.96. The topological polar surface area (TPSA) is 49.8 Å². The van der Waals surface area contributed by atoms with Crippen LogP contribution in [0.15, 0.2) is 30.3 Å². The minimum atomic E-state index is -0.205. The molecule has 1 spiro atoms. The standard InChI is InChI=1S/C17H23NO3/c19-11-15-6-7-17(10-15)8-9-18(13-17)16(20)21-12-14-4-2-1-3-5-14/h1-5,15,19H,6-13H2/t15-,17-/m0/s1. The van der Waals surface area contributed by atoms with E-state index in [2.05, 4.69) is 0 Å². The molecule has 4 heteroatoms. The predicted octanol–water partition coefficient (Wildman–Crippen LogP) is 2.81. The molecule has 0 unspecified atom stereocenters. The molecular formula is C17H23NO3. The van der Waals surface area contributed by atoms with Crippen LogP contribution in [-0.2, 0) is 11.3 Å². The van der Waals surface area contributed by atoms with Crippen molar-refractivity contribution in [3.05, 3.63) is 35.9 Å². The molecule has 4 nitrogen and oxygen atoms in total. The van der Waals surface area contributed by atoms with Gasteiger partial charge < -0.3 is 14.7 Å². The van der Waals surface area contributed by atoms with Gasteiger partial charge in [-0.25, -0.2) is 4.79 Å². The first-order valence-electron chi connectivity index (χ1n) is 7.77. The van der Waals surface area contributed by atoms with Gasteiger partial charge in [-0.05, 0) is 42.6 Å². The van der Waals surface area contributed by atoms with Crippen molar-refractivity contribution >= 4 is 6.09 Å². The normalized spacial score (nSPS) is 28.2. The van der Waals surface area contributed by atoms with Crippen molar-refractivity contribution in [3.8, 4) is 0 Å². The Morgan fingerprint density at radius 2 is 2.14 bits per heavy atom. The first-order valence-corrected chi connectivity index (χ1v) is 7.77. The van der Waals surface area contributed by atoms with E-state index in [1.54, 1.807) is 0 Å². The molecule has 2 aliphatic rings. The van der Waals surface area contributed by atoms with E-state index in [4.69, 9.17) is 4.74 Å². The number of carbonyl (C=O) groups is 1. The van der Waals surface area contributed by atoms with Gasteiger partial charge in [0.1, 0.15) is 6.61 Å². The number of amides is 1. The fourth-order valence-electron chi connectivity index (χ4n) is 3.75. The number of benzene rings is 1. The molecule has 1 saturated carbocycles. The minimum absolute atomic E-state index is 0.205. The number of rotatable bonds is 3. The van der Waals surface area contributed by atoms with Crippen molar-refractivity contribution in [1.29, 1.82) is 0 Å². The number of likely N-dealkylation sites (tertiary alicyclic amines) is 1. The summed E-state index contributed by atoms with van der Waals surface area (Å²) in [5.74, 6) is 0.422. The lowest BCUT2D eigenvalue weighted by Gasteiger charge is -2.23. The minimum Gasteiger partial charge on any atom is -0.445 e. The second kappa shape index (κ2) is 6.06. The summed E-state index contributed by atoms with van der Waals surface area (Å²) in [6.07, 6.45) is 4.10. The van der Waals surface area contributed by atoms with Gasteiger partial charge in [-0.1, -0.05) is 30.3 Å². The first-order chi connectivity index (χ1) is 10.2. The molecule has 1 heterocycles. The number of hydrogen-bond donors (Lipinski definition) is 1. The molecule has 2 fully saturated rings. The average Bonchev–Trinajstić information content (AvgIpc) is 3.13. The molecule has 0 aromatic heterocycles. The maximum absolute atomic E-state index is 12.2. The molecule has 1 aliphatic carbocycles. The third kappa shape index (κ3) is 3.21. The maximum atomic E-state index is 12.2. The van der Waals surface area contributed by atoms with Gasteiger partial charge in [-0.2, -0.15) is 0 Å². The highest BCUT2D eigenvalue weighted by Gasteiger charge is 2.45. The molecule has 1 N–H and O–H groups in total. The summed E-state index contributed by atoms with van der Waals surface area (Å²) in [5.41, 5.74) is 1.25. The van der Waals surface area contributed by atoms with E-state index in [0.29, 0.717) is 12.5 Å². The fourth-order valence-corrected chi connectivity index (χ4v) is 3.75. The van der Waals surface area contributed by atoms with Gasteiger partial charge in [-0.15, -0.1) is 0 Å². The zero-order valence-corrected chi connectivity index (χ0v) is 12.3. The largest absolute Gasteiger partial charge is 0.445 e. The molecule has 1 aliphatic heterocycles.